The summed E-state index contributed by atoms with van der Waals surface area (Å²) in [7, 11) is 1.50. The maximum absolute atomic E-state index is 13.3. The third kappa shape index (κ3) is 3.82. The van der Waals surface area contributed by atoms with Gasteiger partial charge in [-0.15, -0.1) is 0 Å². The van der Waals surface area contributed by atoms with Gasteiger partial charge in [-0.25, -0.2) is 4.39 Å². The molecule has 1 aliphatic rings. The van der Waals surface area contributed by atoms with Gasteiger partial charge in [0.1, 0.15) is 11.6 Å². The third-order valence-corrected chi connectivity index (χ3v) is 4.75. The lowest BCUT2D eigenvalue weighted by Crippen LogP contribution is -2.41. The molecule has 3 nitrogen and oxygen atoms in total. The van der Waals surface area contributed by atoms with Crippen LogP contribution in [0.15, 0.2) is 18.2 Å². The van der Waals surface area contributed by atoms with Crippen LogP contribution in [0.2, 0.25) is 0 Å². The number of ether oxygens (including phenoxy) is 1. The number of carbonyl (C=O) groups excluding carboxylic acids is 1. The summed E-state index contributed by atoms with van der Waals surface area (Å²) in [6, 6.07) is 4.08. The van der Waals surface area contributed by atoms with Crippen molar-refractivity contribution in [2.45, 2.75) is 33.1 Å². The van der Waals surface area contributed by atoms with Crippen molar-refractivity contribution in [3.8, 4) is 5.75 Å². The fraction of sp³-hybridized carbons (Fsp3) is 0.588. The predicted molar refractivity (Wildman–Crippen MR) is 81.4 cm³/mol. The molecule has 1 aromatic carbocycles. The number of methoxy groups -OCH3 is 1. The minimum absolute atomic E-state index is 0.0774. The molecule has 2 rings (SSSR count). The van der Waals surface area contributed by atoms with Gasteiger partial charge in [-0.2, -0.15) is 0 Å². The first kappa shape index (κ1) is 16.0. The zero-order chi connectivity index (χ0) is 15.5. The first-order valence-corrected chi connectivity index (χ1v) is 7.56. The van der Waals surface area contributed by atoms with E-state index in [0.29, 0.717) is 23.3 Å². The van der Waals surface area contributed by atoms with E-state index in [2.05, 4.69) is 18.7 Å². The van der Waals surface area contributed by atoms with Crippen LogP contribution < -0.4 is 4.74 Å². The molecule has 0 atom stereocenters. The Morgan fingerprint density at radius 3 is 2.62 bits per heavy atom. The van der Waals surface area contributed by atoms with Crippen molar-refractivity contribution < 1.29 is 13.9 Å². The Hall–Kier alpha value is -1.42. The maximum Gasteiger partial charge on any atom is 0.180 e. The third-order valence-electron chi connectivity index (χ3n) is 4.75. The van der Waals surface area contributed by atoms with Gasteiger partial charge in [0.05, 0.1) is 19.2 Å². The van der Waals surface area contributed by atoms with E-state index in [1.165, 1.54) is 31.7 Å². The zero-order valence-corrected chi connectivity index (χ0v) is 13.1. The molecule has 0 N–H and O–H groups in total. The fourth-order valence-electron chi connectivity index (χ4n) is 2.79. The summed E-state index contributed by atoms with van der Waals surface area (Å²) in [6.45, 7) is 6.71. The molecular formula is C17H24FNO2. The topological polar surface area (TPSA) is 29.5 Å². The van der Waals surface area contributed by atoms with Gasteiger partial charge in [0.15, 0.2) is 5.78 Å². The molecule has 0 amide bonds. The Morgan fingerprint density at radius 2 is 2.05 bits per heavy atom. The maximum atomic E-state index is 13.3. The number of likely N-dealkylation sites (tertiary alicyclic amines) is 1. The van der Waals surface area contributed by atoms with Crippen molar-refractivity contribution in [3.63, 3.8) is 0 Å². The van der Waals surface area contributed by atoms with E-state index in [1.54, 1.807) is 0 Å². The van der Waals surface area contributed by atoms with Gasteiger partial charge in [-0.05, 0) is 49.5 Å². The molecule has 4 heteroatoms. The van der Waals surface area contributed by atoms with E-state index in [9.17, 15) is 9.18 Å². The van der Waals surface area contributed by atoms with E-state index in [4.69, 9.17) is 4.74 Å². The smallest absolute Gasteiger partial charge is 0.180 e. The predicted octanol–water partition coefficient (Wildman–Crippen LogP) is 3.53. The van der Waals surface area contributed by atoms with Crippen LogP contribution in [0.25, 0.3) is 0 Å². The Morgan fingerprint density at radius 1 is 1.38 bits per heavy atom. The van der Waals surface area contributed by atoms with Crippen molar-refractivity contribution in [2.75, 3.05) is 26.7 Å². The highest BCUT2D eigenvalue weighted by molar-refractivity contribution is 6.00. The lowest BCUT2D eigenvalue weighted by atomic mass is 9.78. The number of piperidine rings is 1. The first-order valence-electron chi connectivity index (χ1n) is 7.56. The Bertz CT molecular complexity index is 508. The summed E-state index contributed by atoms with van der Waals surface area (Å²) in [5.41, 5.74) is 0.733. The number of hydrogen-bond acceptors (Lipinski definition) is 3. The number of Topliss-reactive ketones (excluding diaryl/α,β-unsaturated/α-hetero) is 1. The summed E-state index contributed by atoms with van der Waals surface area (Å²) < 4.78 is 18.5. The largest absolute Gasteiger partial charge is 0.496 e. The Labute approximate surface area is 126 Å². The zero-order valence-electron chi connectivity index (χ0n) is 13.1. The van der Waals surface area contributed by atoms with Crippen LogP contribution in [0.4, 0.5) is 4.39 Å². The molecule has 1 heterocycles. The van der Waals surface area contributed by atoms with Crippen LogP contribution in [-0.4, -0.2) is 37.4 Å². The van der Waals surface area contributed by atoms with Crippen molar-refractivity contribution in [1.82, 2.24) is 4.90 Å². The van der Waals surface area contributed by atoms with E-state index in [-0.39, 0.29) is 5.78 Å². The molecule has 1 fully saturated rings. The number of halogens is 1. The van der Waals surface area contributed by atoms with E-state index in [0.717, 1.165) is 25.9 Å². The molecule has 0 spiro atoms. The van der Waals surface area contributed by atoms with Gasteiger partial charge in [-0.3, -0.25) is 9.69 Å². The Balaban J connectivity index is 2.01. The van der Waals surface area contributed by atoms with Crippen molar-refractivity contribution in [1.29, 1.82) is 0 Å². The van der Waals surface area contributed by atoms with Gasteiger partial charge >= 0.3 is 0 Å². The summed E-state index contributed by atoms with van der Waals surface area (Å²) in [6.07, 6.45) is 3.39. The quantitative estimate of drug-likeness (QED) is 0.778. The molecular weight excluding hydrogens is 269 g/mol. The number of rotatable bonds is 5. The first-order chi connectivity index (χ1) is 9.97. The van der Waals surface area contributed by atoms with Crippen LogP contribution in [-0.2, 0) is 0 Å². The highest BCUT2D eigenvalue weighted by Crippen LogP contribution is 2.34. The molecule has 116 valence electrons. The molecule has 0 saturated carbocycles. The summed E-state index contributed by atoms with van der Waals surface area (Å²) in [5, 5.41) is 0. The minimum atomic E-state index is -0.406. The summed E-state index contributed by atoms with van der Waals surface area (Å²) in [4.78, 5) is 14.5. The van der Waals surface area contributed by atoms with Crippen LogP contribution in [0.1, 0.15) is 43.5 Å². The van der Waals surface area contributed by atoms with Crippen molar-refractivity contribution in [2.24, 2.45) is 5.41 Å². The number of benzene rings is 1. The lowest BCUT2D eigenvalue weighted by molar-refractivity contribution is 0.0810. The van der Waals surface area contributed by atoms with Gasteiger partial charge < -0.3 is 4.74 Å². The molecule has 0 bridgehead atoms. The number of nitrogens with zero attached hydrogens (tertiary/aromatic N) is 1. The highest BCUT2D eigenvalue weighted by Gasteiger charge is 2.29. The fourth-order valence-corrected chi connectivity index (χ4v) is 2.79. The normalized spacial score (nSPS) is 18.5. The van der Waals surface area contributed by atoms with Crippen LogP contribution >= 0.6 is 0 Å². The SMILES string of the molecule is CCC1(C)CCN(CC(=O)c2cc(F)ccc2OC)CC1. The van der Waals surface area contributed by atoms with Gasteiger partial charge in [0, 0.05) is 0 Å². The van der Waals surface area contributed by atoms with Gasteiger partial charge in [-0.1, -0.05) is 20.3 Å². The molecule has 1 aromatic rings. The second kappa shape index (κ2) is 6.56. The molecule has 21 heavy (non-hydrogen) atoms. The standard InChI is InChI=1S/C17H24FNO2/c1-4-17(2)7-9-19(10-8-17)12-15(20)14-11-13(18)5-6-16(14)21-3/h5-6,11H,4,7-10,12H2,1-3H3. The average molecular weight is 293 g/mol. The van der Waals surface area contributed by atoms with Gasteiger partial charge in [0.2, 0.25) is 0 Å². The lowest BCUT2D eigenvalue weighted by Gasteiger charge is -2.38. The van der Waals surface area contributed by atoms with Gasteiger partial charge in [0.25, 0.3) is 0 Å². The summed E-state index contributed by atoms with van der Waals surface area (Å²) >= 11 is 0. The second-order valence-electron chi connectivity index (χ2n) is 6.21. The monoisotopic (exact) mass is 293 g/mol. The molecule has 1 saturated heterocycles. The number of ketones is 1. The highest BCUT2D eigenvalue weighted by atomic mass is 19.1. The second-order valence-corrected chi connectivity index (χ2v) is 6.21. The molecule has 0 unspecified atom stereocenters. The van der Waals surface area contributed by atoms with Crippen molar-refractivity contribution >= 4 is 5.78 Å². The Kier molecular flexibility index (Phi) is 4.99. The molecule has 0 radical (unpaired) electrons. The minimum Gasteiger partial charge on any atom is -0.496 e. The van der Waals surface area contributed by atoms with Crippen molar-refractivity contribution in [3.05, 3.63) is 29.6 Å². The van der Waals surface area contributed by atoms with Crippen LogP contribution in [0, 0.1) is 11.2 Å². The van der Waals surface area contributed by atoms with E-state index in [1.807, 2.05) is 0 Å². The van der Waals surface area contributed by atoms with E-state index >= 15 is 0 Å². The van der Waals surface area contributed by atoms with E-state index < -0.39 is 5.82 Å². The number of hydrogen-bond donors (Lipinski definition) is 0. The van der Waals surface area contributed by atoms with Crippen LogP contribution in [0.3, 0.4) is 0 Å². The molecule has 0 aliphatic carbocycles. The number of carbonyl (C=O) groups is 1. The van der Waals surface area contributed by atoms with Crippen LogP contribution in [0.5, 0.6) is 5.75 Å². The molecule has 1 aliphatic heterocycles. The average Bonchev–Trinajstić information content (AvgIpc) is 2.49. The molecule has 0 aromatic heterocycles. The summed E-state index contributed by atoms with van der Waals surface area (Å²) in [5.74, 6) is -0.0420.